The van der Waals surface area contributed by atoms with Crippen molar-refractivity contribution in [2.75, 3.05) is 14.1 Å². The van der Waals surface area contributed by atoms with Crippen LogP contribution >= 0.6 is 0 Å². The largest absolute Gasteiger partial charge is 0.391 e. The summed E-state index contributed by atoms with van der Waals surface area (Å²) < 4.78 is 36.5. The van der Waals surface area contributed by atoms with Crippen LogP contribution in [0.25, 0.3) is 0 Å². The summed E-state index contributed by atoms with van der Waals surface area (Å²) in [7, 11) is 3.84. The van der Waals surface area contributed by atoms with Crippen molar-refractivity contribution in [3.05, 3.63) is 0 Å². The van der Waals surface area contributed by atoms with Crippen LogP contribution in [-0.4, -0.2) is 41.9 Å². The van der Waals surface area contributed by atoms with E-state index in [-0.39, 0.29) is 18.4 Å². The molecule has 0 aromatic carbocycles. The van der Waals surface area contributed by atoms with E-state index in [0.717, 1.165) is 25.7 Å². The molecule has 1 saturated carbocycles. The lowest BCUT2D eigenvalue weighted by Crippen LogP contribution is -2.55. The molecule has 0 spiro atoms. The number of alkyl halides is 3. The molecule has 5 heteroatoms. The number of hydrogen-bond donors (Lipinski definition) is 1. The molecule has 2 nitrogen and oxygen atoms in total. The summed E-state index contributed by atoms with van der Waals surface area (Å²) in [6.07, 6.45) is -1.54. The molecule has 1 fully saturated rings. The predicted molar refractivity (Wildman–Crippen MR) is 70.0 cm³/mol. The average Bonchev–Trinajstić information content (AvgIpc) is 2.28. The monoisotopic (exact) mass is 281 g/mol. The summed E-state index contributed by atoms with van der Waals surface area (Å²) in [4.78, 5) is 2.01. The molecule has 0 heterocycles. The molecule has 1 atom stereocenters. The Balaban J connectivity index is 2.56. The van der Waals surface area contributed by atoms with E-state index in [9.17, 15) is 18.3 Å². The van der Waals surface area contributed by atoms with E-state index in [1.165, 1.54) is 0 Å². The molecule has 114 valence electrons. The molecule has 1 aliphatic carbocycles. The molecule has 1 rings (SSSR count). The van der Waals surface area contributed by atoms with Gasteiger partial charge in [-0.25, -0.2) is 0 Å². The Hall–Kier alpha value is -0.290. The molecule has 0 saturated heterocycles. The summed E-state index contributed by atoms with van der Waals surface area (Å²) >= 11 is 0. The van der Waals surface area contributed by atoms with Crippen molar-refractivity contribution in [2.24, 2.45) is 5.92 Å². The SMILES string of the molecule is CC1CCC(C(O)CCCC(F)(F)F)(N(C)C)CC1. The maximum Gasteiger partial charge on any atom is 0.389 e. The van der Waals surface area contributed by atoms with Gasteiger partial charge < -0.3 is 10.0 Å². The fourth-order valence-electron chi connectivity index (χ4n) is 3.11. The summed E-state index contributed by atoms with van der Waals surface area (Å²) in [5.41, 5.74) is -0.335. The molecule has 1 N–H and O–H groups in total. The highest BCUT2D eigenvalue weighted by Crippen LogP contribution is 2.39. The van der Waals surface area contributed by atoms with Crippen molar-refractivity contribution in [2.45, 2.75) is 69.7 Å². The van der Waals surface area contributed by atoms with E-state index in [1.54, 1.807) is 0 Å². The Morgan fingerprint density at radius 2 is 1.79 bits per heavy atom. The van der Waals surface area contributed by atoms with Gasteiger partial charge >= 0.3 is 6.18 Å². The molecular formula is C14H26F3NO. The smallest absolute Gasteiger partial charge is 0.389 e. The fourth-order valence-corrected chi connectivity index (χ4v) is 3.11. The lowest BCUT2D eigenvalue weighted by Gasteiger charge is -2.47. The Labute approximate surface area is 114 Å². The molecule has 19 heavy (non-hydrogen) atoms. The van der Waals surface area contributed by atoms with Gasteiger partial charge in [-0.1, -0.05) is 6.92 Å². The Kier molecular flexibility index (Phi) is 5.68. The molecule has 0 aromatic rings. The maximum absolute atomic E-state index is 12.2. The van der Waals surface area contributed by atoms with E-state index in [0.29, 0.717) is 5.92 Å². The summed E-state index contributed by atoms with van der Waals surface area (Å²) in [6.45, 7) is 2.19. The van der Waals surface area contributed by atoms with Gasteiger partial charge in [0.2, 0.25) is 0 Å². The first kappa shape index (κ1) is 16.8. The molecule has 1 aliphatic rings. The zero-order valence-corrected chi connectivity index (χ0v) is 12.1. The van der Waals surface area contributed by atoms with Gasteiger partial charge in [0.1, 0.15) is 0 Å². The zero-order chi connectivity index (χ0) is 14.7. The minimum absolute atomic E-state index is 0.00973. The molecule has 0 radical (unpaired) electrons. The predicted octanol–water partition coefficient (Wildman–Crippen LogP) is 3.59. The fraction of sp³-hybridized carbons (Fsp3) is 1.00. The van der Waals surface area contributed by atoms with E-state index in [2.05, 4.69) is 6.92 Å². The van der Waals surface area contributed by atoms with Gasteiger partial charge in [-0.3, -0.25) is 0 Å². The standard InChI is InChI=1S/C14H26F3NO/c1-11-6-9-13(10-7-11,18(2)3)12(19)5-4-8-14(15,16)17/h11-12,19H,4-10H2,1-3H3. The summed E-state index contributed by atoms with van der Waals surface area (Å²) in [5.74, 6) is 0.649. The summed E-state index contributed by atoms with van der Waals surface area (Å²) in [6, 6.07) is 0. The van der Waals surface area contributed by atoms with Crippen molar-refractivity contribution >= 4 is 0 Å². The van der Waals surface area contributed by atoms with Gasteiger partial charge in [-0.15, -0.1) is 0 Å². The second kappa shape index (κ2) is 6.44. The first-order valence-electron chi connectivity index (χ1n) is 7.09. The third kappa shape index (κ3) is 4.63. The van der Waals surface area contributed by atoms with E-state index < -0.39 is 18.7 Å². The second-order valence-corrected chi connectivity index (χ2v) is 6.20. The highest BCUT2D eigenvalue weighted by molar-refractivity contribution is 4.97. The van der Waals surface area contributed by atoms with Crippen molar-refractivity contribution in [1.29, 1.82) is 0 Å². The maximum atomic E-state index is 12.2. The second-order valence-electron chi connectivity index (χ2n) is 6.20. The third-order valence-electron chi connectivity index (χ3n) is 4.59. The number of likely N-dealkylation sites (N-methyl/N-ethyl adjacent to an activating group) is 1. The number of nitrogens with zero attached hydrogens (tertiary/aromatic N) is 1. The lowest BCUT2D eigenvalue weighted by molar-refractivity contribution is -0.138. The van der Waals surface area contributed by atoms with E-state index in [1.807, 2.05) is 19.0 Å². The zero-order valence-electron chi connectivity index (χ0n) is 12.1. The highest BCUT2D eigenvalue weighted by atomic mass is 19.4. The molecule has 1 unspecified atom stereocenters. The Morgan fingerprint density at radius 1 is 1.26 bits per heavy atom. The normalized spacial score (nSPS) is 30.6. The number of halogens is 3. The molecule has 0 aliphatic heterocycles. The molecule has 0 amide bonds. The van der Waals surface area contributed by atoms with Crippen LogP contribution in [0, 0.1) is 5.92 Å². The quantitative estimate of drug-likeness (QED) is 0.832. The summed E-state index contributed by atoms with van der Waals surface area (Å²) in [5, 5.41) is 10.4. The van der Waals surface area contributed by atoms with Crippen LogP contribution in [0.1, 0.15) is 51.9 Å². The van der Waals surface area contributed by atoms with Crippen LogP contribution in [-0.2, 0) is 0 Å². The molecule has 0 aromatic heterocycles. The topological polar surface area (TPSA) is 23.5 Å². The first-order valence-corrected chi connectivity index (χ1v) is 7.09. The van der Waals surface area contributed by atoms with Crippen LogP contribution in [0.3, 0.4) is 0 Å². The minimum atomic E-state index is -4.12. The van der Waals surface area contributed by atoms with Crippen LogP contribution in [0.4, 0.5) is 13.2 Å². The first-order chi connectivity index (χ1) is 8.67. The minimum Gasteiger partial charge on any atom is -0.391 e. The number of aliphatic hydroxyl groups is 1. The number of hydrogen-bond acceptors (Lipinski definition) is 2. The van der Waals surface area contributed by atoms with Crippen LogP contribution in [0.2, 0.25) is 0 Å². The lowest BCUT2D eigenvalue weighted by atomic mass is 9.72. The highest BCUT2D eigenvalue weighted by Gasteiger charge is 2.42. The van der Waals surface area contributed by atoms with Gasteiger partial charge in [0.25, 0.3) is 0 Å². The van der Waals surface area contributed by atoms with Crippen LogP contribution in [0.5, 0.6) is 0 Å². The average molecular weight is 281 g/mol. The van der Waals surface area contributed by atoms with Gasteiger partial charge in [0.05, 0.1) is 6.10 Å². The van der Waals surface area contributed by atoms with Crippen molar-refractivity contribution in [1.82, 2.24) is 4.90 Å². The van der Waals surface area contributed by atoms with E-state index >= 15 is 0 Å². The van der Waals surface area contributed by atoms with Gasteiger partial charge in [0.15, 0.2) is 0 Å². The van der Waals surface area contributed by atoms with Crippen LogP contribution in [0.15, 0.2) is 0 Å². The third-order valence-corrected chi connectivity index (χ3v) is 4.59. The number of aliphatic hydroxyl groups excluding tert-OH is 1. The molecule has 0 bridgehead atoms. The number of rotatable bonds is 5. The molecular weight excluding hydrogens is 255 g/mol. The van der Waals surface area contributed by atoms with Crippen molar-refractivity contribution in [3.63, 3.8) is 0 Å². The Morgan fingerprint density at radius 3 is 2.21 bits per heavy atom. The van der Waals surface area contributed by atoms with Gasteiger partial charge in [-0.05, 0) is 58.5 Å². The van der Waals surface area contributed by atoms with Gasteiger partial charge in [-0.2, -0.15) is 13.2 Å². The van der Waals surface area contributed by atoms with Gasteiger partial charge in [0, 0.05) is 12.0 Å². The van der Waals surface area contributed by atoms with Crippen LogP contribution < -0.4 is 0 Å². The van der Waals surface area contributed by atoms with Crippen molar-refractivity contribution < 1.29 is 18.3 Å². The van der Waals surface area contributed by atoms with Crippen molar-refractivity contribution in [3.8, 4) is 0 Å². The van der Waals surface area contributed by atoms with E-state index in [4.69, 9.17) is 0 Å². The Bertz CT molecular complexity index is 270.